The molecule has 138 valence electrons. The van der Waals surface area contributed by atoms with Crippen molar-refractivity contribution in [2.45, 2.75) is 19.3 Å². The van der Waals surface area contributed by atoms with Gasteiger partial charge >= 0.3 is 0 Å². The zero-order valence-electron chi connectivity index (χ0n) is 14.9. The maximum absolute atomic E-state index is 12.1. The minimum atomic E-state index is 0.129. The third-order valence-corrected chi connectivity index (χ3v) is 5.77. The molecule has 3 saturated heterocycles. The fourth-order valence-electron chi connectivity index (χ4n) is 4.45. The van der Waals surface area contributed by atoms with Gasteiger partial charge in [-0.25, -0.2) is 0 Å². The Morgan fingerprint density at radius 2 is 2.04 bits per heavy atom. The second-order valence-corrected chi connectivity index (χ2v) is 7.54. The van der Waals surface area contributed by atoms with Crippen molar-refractivity contribution in [2.75, 3.05) is 66.3 Å². The van der Waals surface area contributed by atoms with Crippen molar-refractivity contribution in [3.05, 3.63) is 0 Å². The Morgan fingerprint density at radius 1 is 1.21 bits per heavy atom. The maximum Gasteiger partial charge on any atom is 0.220 e. The second kappa shape index (κ2) is 9.13. The molecule has 0 unspecified atom stereocenters. The highest BCUT2D eigenvalue weighted by atomic mass is 16.5. The molecule has 3 heterocycles. The van der Waals surface area contributed by atoms with Crippen LogP contribution < -0.4 is 5.32 Å². The van der Waals surface area contributed by atoms with Crippen LogP contribution in [0, 0.1) is 23.7 Å². The van der Waals surface area contributed by atoms with E-state index in [0.29, 0.717) is 37.3 Å². The van der Waals surface area contributed by atoms with Crippen LogP contribution in [0.4, 0.5) is 0 Å². The second-order valence-electron chi connectivity index (χ2n) is 7.54. The van der Waals surface area contributed by atoms with Crippen molar-refractivity contribution in [3.63, 3.8) is 0 Å². The summed E-state index contributed by atoms with van der Waals surface area (Å²) in [6.45, 7) is 8.01. The highest BCUT2D eigenvalue weighted by molar-refractivity contribution is 5.76. The SMILES string of the molecule is COCCNC(=O)C[C@@H]1COC[C@H]2CN(CC3CCOCC3)C[C@@H]12. The Hall–Kier alpha value is -0.690. The summed E-state index contributed by atoms with van der Waals surface area (Å²) in [7, 11) is 1.65. The molecule has 1 amide bonds. The van der Waals surface area contributed by atoms with Crippen molar-refractivity contribution < 1.29 is 19.0 Å². The summed E-state index contributed by atoms with van der Waals surface area (Å²) in [6.07, 6.45) is 2.96. The zero-order valence-corrected chi connectivity index (χ0v) is 14.9. The molecule has 3 fully saturated rings. The monoisotopic (exact) mass is 340 g/mol. The Labute approximate surface area is 145 Å². The molecule has 0 aliphatic carbocycles. The number of hydrogen-bond donors (Lipinski definition) is 1. The summed E-state index contributed by atoms with van der Waals surface area (Å²) < 4.78 is 16.3. The number of fused-ring (bicyclic) bond motifs is 1. The molecule has 3 atom stereocenters. The number of methoxy groups -OCH3 is 1. The number of amides is 1. The van der Waals surface area contributed by atoms with Gasteiger partial charge in [-0.15, -0.1) is 0 Å². The van der Waals surface area contributed by atoms with Crippen LogP contribution in [0.1, 0.15) is 19.3 Å². The Morgan fingerprint density at radius 3 is 2.83 bits per heavy atom. The van der Waals surface area contributed by atoms with Gasteiger partial charge in [-0.2, -0.15) is 0 Å². The smallest absolute Gasteiger partial charge is 0.220 e. The Kier molecular flexibility index (Phi) is 6.89. The van der Waals surface area contributed by atoms with Gasteiger partial charge in [-0.1, -0.05) is 0 Å². The lowest BCUT2D eigenvalue weighted by Crippen LogP contribution is -2.38. The molecule has 6 nitrogen and oxygen atoms in total. The molecule has 0 saturated carbocycles. The fourth-order valence-corrected chi connectivity index (χ4v) is 4.45. The van der Waals surface area contributed by atoms with E-state index in [1.54, 1.807) is 7.11 Å². The van der Waals surface area contributed by atoms with Crippen LogP contribution in [0.15, 0.2) is 0 Å². The van der Waals surface area contributed by atoms with Gasteiger partial charge in [0, 0.05) is 52.9 Å². The number of hydrogen-bond acceptors (Lipinski definition) is 5. The van der Waals surface area contributed by atoms with Crippen LogP contribution in [-0.4, -0.2) is 77.1 Å². The van der Waals surface area contributed by atoms with E-state index in [2.05, 4.69) is 10.2 Å². The normalized spacial score (nSPS) is 31.8. The van der Waals surface area contributed by atoms with E-state index in [9.17, 15) is 4.79 Å². The van der Waals surface area contributed by atoms with Gasteiger partial charge < -0.3 is 24.4 Å². The Bertz CT molecular complexity index is 400. The molecular formula is C18H32N2O4. The molecule has 3 aliphatic rings. The number of carbonyl (C=O) groups excluding carboxylic acids is 1. The van der Waals surface area contributed by atoms with E-state index in [0.717, 1.165) is 45.4 Å². The first-order valence-electron chi connectivity index (χ1n) is 9.39. The van der Waals surface area contributed by atoms with E-state index in [1.165, 1.54) is 19.4 Å². The molecule has 0 aromatic rings. The molecule has 3 rings (SSSR count). The number of ether oxygens (including phenoxy) is 3. The van der Waals surface area contributed by atoms with Crippen LogP contribution in [0.2, 0.25) is 0 Å². The summed E-state index contributed by atoms with van der Waals surface area (Å²) in [5.74, 6) is 2.45. The van der Waals surface area contributed by atoms with E-state index in [4.69, 9.17) is 14.2 Å². The van der Waals surface area contributed by atoms with Gasteiger partial charge in [0.2, 0.25) is 5.91 Å². The summed E-state index contributed by atoms with van der Waals surface area (Å²) in [6, 6.07) is 0. The molecule has 3 aliphatic heterocycles. The van der Waals surface area contributed by atoms with Crippen molar-refractivity contribution in [1.29, 1.82) is 0 Å². The van der Waals surface area contributed by atoms with Crippen LogP contribution in [-0.2, 0) is 19.0 Å². The predicted molar refractivity (Wildman–Crippen MR) is 90.8 cm³/mol. The molecule has 0 bridgehead atoms. The quantitative estimate of drug-likeness (QED) is 0.694. The number of nitrogens with zero attached hydrogens (tertiary/aromatic N) is 1. The van der Waals surface area contributed by atoms with Crippen molar-refractivity contribution in [2.24, 2.45) is 23.7 Å². The highest BCUT2D eigenvalue weighted by Gasteiger charge is 2.41. The highest BCUT2D eigenvalue weighted by Crippen LogP contribution is 2.36. The number of carbonyl (C=O) groups is 1. The average Bonchev–Trinajstić information content (AvgIpc) is 2.99. The first-order chi connectivity index (χ1) is 11.8. The molecule has 0 spiro atoms. The minimum Gasteiger partial charge on any atom is -0.383 e. The van der Waals surface area contributed by atoms with E-state index in [-0.39, 0.29) is 5.91 Å². The third kappa shape index (κ3) is 4.91. The van der Waals surface area contributed by atoms with E-state index >= 15 is 0 Å². The van der Waals surface area contributed by atoms with Gasteiger partial charge in [0.15, 0.2) is 0 Å². The molecular weight excluding hydrogens is 308 g/mol. The largest absolute Gasteiger partial charge is 0.383 e. The van der Waals surface area contributed by atoms with Crippen LogP contribution in [0.5, 0.6) is 0 Å². The predicted octanol–water partition coefficient (Wildman–Crippen LogP) is 0.760. The molecule has 0 radical (unpaired) electrons. The zero-order chi connectivity index (χ0) is 16.8. The third-order valence-electron chi connectivity index (χ3n) is 5.77. The summed E-state index contributed by atoms with van der Waals surface area (Å²) in [5.41, 5.74) is 0. The Balaban J connectivity index is 1.46. The van der Waals surface area contributed by atoms with Crippen molar-refractivity contribution >= 4 is 5.91 Å². The van der Waals surface area contributed by atoms with Crippen LogP contribution in [0.25, 0.3) is 0 Å². The van der Waals surface area contributed by atoms with E-state index in [1.807, 2.05) is 0 Å². The standard InChI is InChI=1S/C18H32N2O4/c1-22-7-4-19-18(21)8-15-12-24-13-16-10-20(11-17(15)16)9-14-2-5-23-6-3-14/h14-17H,2-13H2,1H3,(H,19,21)/t15-,16-,17+/m1/s1. The summed E-state index contributed by atoms with van der Waals surface area (Å²) in [5, 5.41) is 2.94. The van der Waals surface area contributed by atoms with Gasteiger partial charge in [0.05, 0.1) is 19.8 Å². The van der Waals surface area contributed by atoms with Crippen molar-refractivity contribution in [1.82, 2.24) is 10.2 Å². The lowest BCUT2D eigenvalue weighted by molar-refractivity contribution is -0.124. The van der Waals surface area contributed by atoms with Gasteiger partial charge in [0.25, 0.3) is 0 Å². The first-order valence-corrected chi connectivity index (χ1v) is 9.39. The van der Waals surface area contributed by atoms with Crippen LogP contribution in [0.3, 0.4) is 0 Å². The number of rotatable bonds is 7. The molecule has 0 aromatic heterocycles. The summed E-state index contributed by atoms with van der Waals surface area (Å²) in [4.78, 5) is 14.7. The molecule has 1 N–H and O–H groups in total. The van der Waals surface area contributed by atoms with Gasteiger partial charge in [-0.3, -0.25) is 4.79 Å². The number of likely N-dealkylation sites (tertiary alicyclic amines) is 1. The summed E-state index contributed by atoms with van der Waals surface area (Å²) >= 11 is 0. The number of nitrogens with one attached hydrogen (secondary N) is 1. The maximum atomic E-state index is 12.1. The van der Waals surface area contributed by atoms with Gasteiger partial charge in [0.1, 0.15) is 0 Å². The van der Waals surface area contributed by atoms with E-state index < -0.39 is 0 Å². The fraction of sp³-hybridized carbons (Fsp3) is 0.944. The lowest BCUT2D eigenvalue weighted by atomic mass is 9.81. The minimum absolute atomic E-state index is 0.129. The first kappa shape index (κ1) is 18.1. The molecule has 6 heteroatoms. The molecule has 0 aromatic carbocycles. The molecule has 24 heavy (non-hydrogen) atoms. The topological polar surface area (TPSA) is 60.0 Å². The van der Waals surface area contributed by atoms with Crippen molar-refractivity contribution in [3.8, 4) is 0 Å². The lowest BCUT2D eigenvalue weighted by Gasteiger charge is -2.32. The van der Waals surface area contributed by atoms with Gasteiger partial charge in [-0.05, 0) is 36.5 Å². The average molecular weight is 340 g/mol. The van der Waals surface area contributed by atoms with Crippen LogP contribution >= 0.6 is 0 Å².